The van der Waals surface area contributed by atoms with E-state index in [1.807, 2.05) is 17.0 Å². The fraction of sp³-hybridized carbons (Fsp3) is 0.350. The van der Waals surface area contributed by atoms with Gasteiger partial charge < -0.3 is 29.3 Å². The number of pyridine rings is 1. The van der Waals surface area contributed by atoms with Gasteiger partial charge in [-0.05, 0) is 12.1 Å². The van der Waals surface area contributed by atoms with Gasteiger partial charge in [0.1, 0.15) is 5.82 Å². The Morgan fingerprint density at radius 1 is 1.09 bits per heavy atom. The number of nitrogens with zero attached hydrogens (tertiary/aromatic N) is 7. The minimum absolute atomic E-state index is 0.241. The molecule has 3 aromatic rings. The first kappa shape index (κ1) is 20.6. The number of hydrogen-bond acceptors (Lipinski definition) is 11. The minimum atomic E-state index is -1.59. The number of anilines is 3. The first-order valence-corrected chi connectivity index (χ1v) is 10.3. The second-order valence-corrected chi connectivity index (χ2v) is 7.50. The Balaban J connectivity index is 1.70. The van der Waals surface area contributed by atoms with Crippen molar-refractivity contribution in [3.05, 3.63) is 42.5 Å². The predicted molar refractivity (Wildman–Crippen MR) is 117 cm³/mol. The van der Waals surface area contributed by atoms with Gasteiger partial charge in [0.15, 0.2) is 0 Å². The standard InChI is InChI=1S/C20H22BN7O4/c1-31-20-23-10-13(11-24-20)17-16-15(21(29)30)12-28(14-2-4-22-5-3-14)18(16)26-19(25-17)27-6-8-32-9-7-27/h2-5,10-11,15,29-30H,6-9,12H2,1H3. The molecule has 0 radical (unpaired) electrons. The lowest BCUT2D eigenvalue weighted by atomic mass is 9.69. The van der Waals surface area contributed by atoms with Crippen molar-refractivity contribution in [2.24, 2.45) is 0 Å². The lowest BCUT2D eigenvalue weighted by molar-refractivity contribution is 0.122. The third-order valence-electron chi connectivity index (χ3n) is 5.63. The van der Waals surface area contributed by atoms with Gasteiger partial charge in [-0.2, -0.15) is 4.98 Å². The van der Waals surface area contributed by atoms with E-state index in [2.05, 4.69) is 19.9 Å². The largest absolute Gasteiger partial charge is 0.467 e. The van der Waals surface area contributed by atoms with Gasteiger partial charge in [-0.15, -0.1) is 0 Å². The molecule has 1 unspecified atom stereocenters. The summed E-state index contributed by atoms with van der Waals surface area (Å²) in [4.78, 5) is 26.2. The summed E-state index contributed by atoms with van der Waals surface area (Å²) in [6.45, 7) is 2.85. The first-order valence-electron chi connectivity index (χ1n) is 10.3. The van der Waals surface area contributed by atoms with Crippen LogP contribution in [0.1, 0.15) is 11.4 Å². The van der Waals surface area contributed by atoms with Crippen molar-refractivity contribution in [1.29, 1.82) is 0 Å². The van der Waals surface area contributed by atoms with Gasteiger partial charge in [-0.25, -0.2) is 15.0 Å². The van der Waals surface area contributed by atoms with Crippen molar-refractivity contribution in [3.63, 3.8) is 0 Å². The molecule has 2 aliphatic heterocycles. The highest BCUT2D eigenvalue weighted by Gasteiger charge is 2.41. The summed E-state index contributed by atoms with van der Waals surface area (Å²) in [5, 5.41) is 20.4. The molecule has 0 bridgehead atoms. The van der Waals surface area contributed by atoms with Crippen LogP contribution in [0.15, 0.2) is 36.9 Å². The molecule has 0 aliphatic carbocycles. The Kier molecular flexibility index (Phi) is 5.56. The van der Waals surface area contributed by atoms with E-state index in [-0.39, 0.29) is 6.01 Å². The van der Waals surface area contributed by atoms with Crippen LogP contribution < -0.4 is 14.5 Å². The molecule has 3 aromatic heterocycles. The minimum Gasteiger partial charge on any atom is -0.467 e. The maximum atomic E-state index is 10.2. The summed E-state index contributed by atoms with van der Waals surface area (Å²) in [6.07, 6.45) is 6.63. The maximum absolute atomic E-state index is 10.2. The molecule has 1 atom stereocenters. The van der Waals surface area contributed by atoms with Gasteiger partial charge in [0, 0.05) is 67.1 Å². The fourth-order valence-corrected chi connectivity index (χ4v) is 4.03. The Labute approximate surface area is 184 Å². The van der Waals surface area contributed by atoms with Gasteiger partial charge in [0.25, 0.3) is 0 Å². The molecular formula is C20H22BN7O4. The molecule has 2 aliphatic rings. The van der Waals surface area contributed by atoms with Crippen LogP contribution in [0.3, 0.4) is 0 Å². The van der Waals surface area contributed by atoms with Crippen molar-refractivity contribution in [2.75, 3.05) is 49.8 Å². The summed E-state index contributed by atoms with van der Waals surface area (Å²) in [5.74, 6) is 0.551. The number of ether oxygens (including phenoxy) is 2. The molecule has 11 nitrogen and oxygen atoms in total. The number of methoxy groups -OCH3 is 1. The highest BCUT2D eigenvalue weighted by atomic mass is 16.5. The fourth-order valence-electron chi connectivity index (χ4n) is 4.03. The maximum Gasteiger partial charge on any atom is 0.461 e. The average Bonchev–Trinajstić information content (AvgIpc) is 3.25. The van der Waals surface area contributed by atoms with Crippen LogP contribution >= 0.6 is 0 Å². The quantitative estimate of drug-likeness (QED) is 0.541. The van der Waals surface area contributed by atoms with Crippen molar-refractivity contribution in [3.8, 4) is 17.3 Å². The topological polar surface area (TPSA) is 130 Å². The third-order valence-corrected chi connectivity index (χ3v) is 5.63. The van der Waals surface area contributed by atoms with Gasteiger partial charge in [0.2, 0.25) is 5.95 Å². The number of rotatable bonds is 5. The third kappa shape index (κ3) is 3.72. The second kappa shape index (κ2) is 8.65. The molecule has 12 heteroatoms. The Hall–Kier alpha value is -3.35. The molecule has 5 rings (SSSR count). The number of aromatic nitrogens is 5. The molecule has 0 amide bonds. The average molecular weight is 435 g/mol. The summed E-state index contributed by atoms with van der Waals surface area (Å²) in [7, 11) is -0.0880. The van der Waals surface area contributed by atoms with Crippen molar-refractivity contribution < 1.29 is 19.5 Å². The Morgan fingerprint density at radius 3 is 2.47 bits per heavy atom. The smallest absolute Gasteiger partial charge is 0.461 e. The van der Waals surface area contributed by atoms with Gasteiger partial charge in [-0.3, -0.25) is 4.98 Å². The zero-order valence-corrected chi connectivity index (χ0v) is 17.5. The van der Waals surface area contributed by atoms with E-state index in [0.29, 0.717) is 61.4 Å². The summed E-state index contributed by atoms with van der Waals surface area (Å²) in [6, 6.07) is 3.97. The zero-order valence-electron chi connectivity index (χ0n) is 17.5. The van der Waals surface area contributed by atoms with E-state index in [1.165, 1.54) is 7.11 Å². The van der Waals surface area contributed by atoms with E-state index in [9.17, 15) is 10.0 Å². The number of morpholine rings is 1. The first-order chi connectivity index (χ1) is 15.7. The highest BCUT2D eigenvalue weighted by molar-refractivity contribution is 6.44. The molecule has 1 fully saturated rings. The summed E-state index contributed by atoms with van der Waals surface area (Å²) >= 11 is 0. The molecule has 2 N–H and O–H groups in total. The van der Waals surface area contributed by atoms with Crippen LogP contribution in [0.5, 0.6) is 6.01 Å². The lowest BCUT2D eigenvalue weighted by Gasteiger charge is -2.28. The van der Waals surface area contributed by atoms with E-state index >= 15 is 0 Å². The molecule has 5 heterocycles. The summed E-state index contributed by atoms with van der Waals surface area (Å²) < 4.78 is 10.6. The highest BCUT2D eigenvalue weighted by Crippen LogP contribution is 2.45. The van der Waals surface area contributed by atoms with Crippen LogP contribution in [0.4, 0.5) is 17.5 Å². The van der Waals surface area contributed by atoms with Crippen LogP contribution in [0, 0.1) is 0 Å². The van der Waals surface area contributed by atoms with Gasteiger partial charge in [-0.1, -0.05) is 0 Å². The van der Waals surface area contributed by atoms with E-state index in [4.69, 9.17) is 19.4 Å². The SMILES string of the molecule is COc1ncc(-c2nc(N3CCOCC3)nc3c2C(B(O)O)CN3c2ccncc2)cn1. The van der Waals surface area contributed by atoms with Gasteiger partial charge in [0.05, 0.1) is 26.0 Å². The lowest BCUT2D eigenvalue weighted by Crippen LogP contribution is -2.37. The van der Waals surface area contributed by atoms with E-state index < -0.39 is 12.9 Å². The molecule has 0 saturated carbocycles. The van der Waals surface area contributed by atoms with E-state index in [1.54, 1.807) is 24.8 Å². The van der Waals surface area contributed by atoms with E-state index in [0.717, 1.165) is 5.69 Å². The second-order valence-electron chi connectivity index (χ2n) is 7.50. The molecule has 164 valence electrons. The monoisotopic (exact) mass is 435 g/mol. The zero-order chi connectivity index (χ0) is 22.1. The van der Waals surface area contributed by atoms with Crippen molar-refractivity contribution in [2.45, 2.75) is 5.82 Å². The predicted octanol–water partition coefficient (Wildman–Crippen LogP) is 0.421. The molecule has 0 spiro atoms. The number of fused-ring (bicyclic) bond motifs is 1. The normalized spacial score (nSPS) is 17.9. The van der Waals surface area contributed by atoms with Crippen molar-refractivity contribution in [1.82, 2.24) is 24.9 Å². The summed E-state index contributed by atoms with van der Waals surface area (Å²) in [5.41, 5.74) is 2.70. The van der Waals surface area contributed by atoms with Crippen LogP contribution in [-0.2, 0) is 4.74 Å². The van der Waals surface area contributed by atoms with Crippen LogP contribution in [-0.4, -0.2) is 82.0 Å². The van der Waals surface area contributed by atoms with Crippen molar-refractivity contribution >= 4 is 24.6 Å². The molecule has 32 heavy (non-hydrogen) atoms. The molecular weight excluding hydrogens is 413 g/mol. The Morgan fingerprint density at radius 2 is 1.81 bits per heavy atom. The number of hydrogen-bond donors (Lipinski definition) is 2. The molecule has 0 aromatic carbocycles. The van der Waals surface area contributed by atoms with Crippen LogP contribution in [0.2, 0.25) is 0 Å². The Bertz CT molecular complexity index is 1080. The molecule has 1 saturated heterocycles. The van der Waals surface area contributed by atoms with Crippen LogP contribution in [0.25, 0.3) is 11.3 Å². The van der Waals surface area contributed by atoms with Gasteiger partial charge >= 0.3 is 13.1 Å².